The lowest BCUT2D eigenvalue weighted by molar-refractivity contribution is -0.122. The summed E-state index contributed by atoms with van der Waals surface area (Å²) in [6.07, 6.45) is 3.56. The highest BCUT2D eigenvalue weighted by Crippen LogP contribution is 2.49. The van der Waals surface area contributed by atoms with Gasteiger partial charge in [0, 0.05) is 36.5 Å². The summed E-state index contributed by atoms with van der Waals surface area (Å²) < 4.78 is 29.7. The fourth-order valence-corrected chi connectivity index (χ4v) is 4.25. The van der Waals surface area contributed by atoms with Gasteiger partial charge in [-0.05, 0) is 51.2 Å². The van der Waals surface area contributed by atoms with Crippen LogP contribution in [0.25, 0.3) is 0 Å². The van der Waals surface area contributed by atoms with Gasteiger partial charge in [0.15, 0.2) is 0 Å². The van der Waals surface area contributed by atoms with Gasteiger partial charge < -0.3 is 10.6 Å². The summed E-state index contributed by atoms with van der Waals surface area (Å²) in [6.45, 7) is 4.98. The molecule has 1 saturated carbocycles. The van der Waals surface area contributed by atoms with E-state index in [4.69, 9.17) is 0 Å². The Kier molecular flexibility index (Phi) is 5.58. The fourth-order valence-electron chi connectivity index (χ4n) is 4.25. The third-order valence-electron chi connectivity index (χ3n) is 5.91. The van der Waals surface area contributed by atoms with E-state index in [-0.39, 0.29) is 29.3 Å². The number of carbonyl (C=O) groups is 2. The topological polar surface area (TPSA) is 76.0 Å². The molecule has 0 radical (unpaired) electrons. The van der Waals surface area contributed by atoms with Crippen LogP contribution in [0.1, 0.15) is 54.2 Å². The van der Waals surface area contributed by atoms with Gasteiger partial charge in [0.2, 0.25) is 5.91 Å². The number of hydrogen-bond donors (Lipinski definition) is 2. The molecular formula is C22H26F2N4O2. The van der Waals surface area contributed by atoms with E-state index >= 15 is 0 Å². The van der Waals surface area contributed by atoms with Gasteiger partial charge >= 0.3 is 0 Å². The van der Waals surface area contributed by atoms with Crippen LogP contribution >= 0.6 is 0 Å². The molecular weight excluding hydrogens is 390 g/mol. The van der Waals surface area contributed by atoms with Crippen LogP contribution in [0.15, 0.2) is 24.4 Å². The summed E-state index contributed by atoms with van der Waals surface area (Å²) in [4.78, 5) is 24.9. The third kappa shape index (κ3) is 4.08. The van der Waals surface area contributed by atoms with Crippen molar-refractivity contribution in [2.45, 2.75) is 51.6 Å². The smallest absolute Gasteiger partial charge is 0.254 e. The normalized spacial score (nSPS) is 22.5. The Bertz CT molecular complexity index is 952. The molecule has 1 aliphatic carbocycles. The zero-order valence-corrected chi connectivity index (χ0v) is 17.1. The molecule has 8 heteroatoms. The molecule has 1 fully saturated rings. The quantitative estimate of drug-likeness (QED) is 0.760. The first-order valence-electron chi connectivity index (χ1n) is 10.4. The van der Waals surface area contributed by atoms with E-state index in [0.717, 1.165) is 12.1 Å². The molecule has 2 aliphatic rings. The van der Waals surface area contributed by atoms with Crippen molar-refractivity contribution < 1.29 is 18.4 Å². The van der Waals surface area contributed by atoms with E-state index in [1.54, 1.807) is 6.20 Å². The van der Waals surface area contributed by atoms with E-state index in [1.165, 1.54) is 18.2 Å². The van der Waals surface area contributed by atoms with Crippen LogP contribution in [0.4, 0.5) is 8.78 Å². The maximum Gasteiger partial charge on any atom is 0.254 e. The molecule has 0 spiro atoms. The molecule has 2 aromatic rings. The average molecular weight is 416 g/mol. The molecule has 1 aromatic carbocycles. The maximum atomic E-state index is 13.9. The van der Waals surface area contributed by atoms with Gasteiger partial charge in [-0.1, -0.05) is 6.07 Å². The second kappa shape index (κ2) is 8.16. The standard InChI is InChI=1S/C22H26F2N4O2/c1-12(2)27-22(30)16-11-26-28-7-6-13(8-19(16)28)10-25-21(29)15-9-14(15)20-17(23)4-3-5-18(20)24/h3-5,11-15H,6-10H2,1-2H3,(H,25,29)(H,27,30)/t13-,14+,15+/m1/s1. The largest absolute Gasteiger partial charge is 0.356 e. The molecule has 1 aromatic heterocycles. The van der Waals surface area contributed by atoms with Gasteiger partial charge in [0.1, 0.15) is 11.6 Å². The first-order valence-corrected chi connectivity index (χ1v) is 10.4. The summed E-state index contributed by atoms with van der Waals surface area (Å²) in [5.74, 6) is -2.09. The number of aryl methyl sites for hydroxylation is 1. The Morgan fingerprint density at radius 2 is 2.00 bits per heavy atom. The van der Waals surface area contributed by atoms with E-state index in [9.17, 15) is 18.4 Å². The van der Waals surface area contributed by atoms with Gasteiger partial charge in [0.05, 0.1) is 17.5 Å². The number of amides is 2. The van der Waals surface area contributed by atoms with Gasteiger partial charge in [-0.3, -0.25) is 14.3 Å². The minimum Gasteiger partial charge on any atom is -0.356 e. The minimum atomic E-state index is -0.594. The third-order valence-corrected chi connectivity index (χ3v) is 5.91. The predicted octanol–water partition coefficient (Wildman–Crippen LogP) is 2.78. The molecule has 30 heavy (non-hydrogen) atoms. The number of hydrogen-bond acceptors (Lipinski definition) is 3. The average Bonchev–Trinajstić information content (AvgIpc) is 3.35. The van der Waals surface area contributed by atoms with E-state index < -0.39 is 23.5 Å². The SMILES string of the molecule is CC(C)NC(=O)c1cnn2c1C[C@H](CNC(=O)[C@H]1C[C@@H]1c1c(F)cccc1F)CC2. The van der Waals surface area contributed by atoms with Crippen molar-refractivity contribution in [1.82, 2.24) is 20.4 Å². The van der Waals surface area contributed by atoms with Crippen LogP contribution in [0.5, 0.6) is 0 Å². The van der Waals surface area contributed by atoms with E-state index in [1.807, 2.05) is 18.5 Å². The number of fused-ring (bicyclic) bond motifs is 1. The second-order valence-electron chi connectivity index (χ2n) is 8.54. The highest BCUT2D eigenvalue weighted by Gasteiger charge is 2.46. The second-order valence-corrected chi connectivity index (χ2v) is 8.54. The molecule has 2 heterocycles. The molecule has 160 valence electrons. The van der Waals surface area contributed by atoms with Gasteiger partial charge in [-0.2, -0.15) is 5.10 Å². The van der Waals surface area contributed by atoms with E-state index in [2.05, 4.69) is 15.7 Å². The molecule has 1 aliphatic heterocycles. The lowest BCUT2D eigenvalue weighted by Crippen LogP contribution is -2.35. The fraction of sp³-hybridized carbons (Fsp3) is 0.500. The lowest BCUT2D eigenvalue weighted by Gasteiger charge is -2.24. The number of halogens is 2. The predicted molar refractivity (Wildman–Crippen MR) is 107 cm³/mol. The number of nitrogens with zero attached hydrogens (tertiary/aromatic N) is 2. The Morgan fingerprint density at radius 3 is 2.70 bits per heavy atom. The highest BCUT2D eigenvalue weighted by molar-refractivity contribution is 5.95. The Morgan fingerprint density at radius 1 is 1.27 bits per heavy atom. The van der Waals surface area contributed by atoms with Crippen molar-refractivity contribution in [3.63, 3.8) is 0 Å². The Labute approximate surface area is 174 Å². The van der Waals surface area contributed by atoms with Crippen molar-refractivity contribution >= 4 is 11.8 Å². The molecule has 0 unspecified atom stereocenters. The number of aromatic nitrogens is 2. The van der Waals surface area contributed by atoms with Crippen molar-refractivity contribution in [3.05, 3.63) is 52.9 Å². The summed E-state index contributed by atoms with van der Waals surface area (Å²) in [7, 11) is 0. The van der Waals surface area contributed by atoms with Crippen LogP contribution < -0.4 is 10.6 Å². The molecule has 6 nitrogen and oxygen atoms in total. The van der Waals surface area contributed by atoms with Crippen molar-refractivity contribution in [3.8, 4) is 0 Å². The number of nitrogens with one attached hydrogen (secondary N) is 2. The minimum absolute atomic E-state index is 0.0139. The Balaban J connectivity index is 1.34. The van der Waals surface area contributed by atoms with Gasteiger partial charge in [0.25, 0.3) is 5.91 Å². The van der Waals surface area contributed by atoms with E-state index in [0.29, 0.717) is 31.5 Å². The lowest BCUT2D eigenvalue weighted by atomic mass is 9.94. The van der Waals surface area contributed by atoms with Gasteiger partial charge in [-0.25, -0.2) is 8.78 Å². The zero-order chi connectivity index (χ0) is 21.4. The van der Waals surface area contributed by atoms with Crippen molar-refractivity contribution in [1.29, 1.82) is 0 Å². The highest BCUT2D eigenvalue weighted by atomic mass is 19.1. The molecule has 0 saturated heterocycles. The monoisotopic (exact) mass is 416 g/mol. The van der Waals surface area contributed by atoms with Gasteiger partial charge in [-0.15, -0.1) is 0 Å². The summed E-state index contributed by atoms with van der Waals surface area (Å²) in [6, 6.07) is 3.82. The van der Waals surface area contributed by atoms with Crippen LogP contribution in [-0.2, 0) is 17.8 Å². The molecule has 2 amide bonds. The van der Waals surface area contributed by atoms with Crippen LogP contribution in [0.3, 0.4) is 0 Å². The van der Waals surface area contributed by atoms with Crippen molar-refractivity contribution in [2.75, 3.05) is 6.54 Å². The number of benzene rings is 1. The van der Waals surface area contributed by atoms with Crippen LogP contribution in [0, 0.1) is 23.5 Å². The molecule has 3 atom stereocenters. The summed E-state index contributed by atoms with van der Waals surface area (Å²) in [5.41, 5.74) is 1.48. The molecule has 2 N–H and O–H groups in total. The summed E-state index contributed by atoms with van der Waals surface area (Å²) in [5, 5.41) is 10.1. The first-order chi connectivity index (χ1) is 14.3. The molecule has 0 bridgehead atoms. The van der Waals surface area contributed by atoms with Crippen LogP contribution in [0.2, 0.25) is 0 Å². The molecule has 4 rings (SSSR count). The number of carbonyl (C=O) groups excluding carboxylic acids is 2. The zero-order valence-electron chi connectivity index (χ0n) is 17.1. The summed E-state index contributed by atoms with van der Waals surface area (Å²) >= 11 is 0. The Hall–Kier alpha value is -2.77. The first kappa shape index (κ1) is 20.5. The van der Waals surface area contributed by atoms with Crippen LogP contribution in [-0.4, -0.2) is 34.2 Å². The number of rotatable bonds is 6. The maximum absolute atomic E-state index is 13.9. The van der Waals surface area contributed by atoms with Crippen molar-refractivity contribution in [2.24, 2.45) is 11.8 Å².